The molecule has 7 heteroatoms. The van der Waals surface area contributed by atoms with Crippen LogP contribution >= 0.6 is 0 Å². The fourth-order valence-electron chi connectivity index (χ4n) is 4.05. The molecule has 0 N–H and O–H groups in total. The summed E-state index contributed by atoms with van der Waals surface area (Å²) in [7, 11) is 1.63. The molecule has 2 amide bonds. The van der Waals surface area contributed by atoms with Crippen LogP contribution in [0.3, 0.4) is 0 Å². The number of nitrogens with zero attached hydrogens (tertiary/aromatic N) is 3. The van der Waals surface area contributed by atoms with Crippen LogP contribution in [0.15, 0.2) is 24.3 Å². The number of piperazine rings is 1. The lowest BCUT2D eigenvalue weighted by Gasteiger charge is -2.36. The Labute approximate surface area is 179 Å². The van der Waals surface area contributed by atoms with Crippen molar-refractivity contribution in [2.24, 2.45) is 0 Å². The number of ether oxygens (including phenoxy) is 2. The summed E-state index contributed by atoms with van der Waals surface area (Å²) in [6, 6.07) is 7.67. The second-order valence-corrected chi connectivity index (χ2v) is 8.20. The van der Waals surface area contributed by atoms with Crippen LogP contribution in [0.25, 0.3) is 0 Å². The number of benzene rings is 1. The van der Waals surface area contributed by atoms with Gasteiger partial charge >= 0.3 is 0 Å². The van der Waals surface area contributed by atoms with Crippen LogP contribution in [-0.4, -0.2) is 85.5 Å². The molecule has 1 unspecified atom stereocenters. The van der Waals surface area contributed by atoms with E-state index in [1.807, 2.05) is 34.1 Å². The van der Waals surface area contributed by atoms with Gasteiger partial charge in [-0.2, -0.15) is 0 Å². The van der Waals surface area contributed by atoms with Crippen molar-refractivity contribution in [2.45, 2.75) is 45.3 Å². The van der Waals surface area contributed by atoms with E-state index in [-0.39, 0.29) is 11.8 Å². The molecule has 3 rings (SSSR count). The van der Waals surface area contributed by atoms with Crippen LogP contribution in [0.5, 0.6) is 5.75 Å². The quantitative estimate of drug-likeness (QED) is 0.680. The second kappa shape index (κ2) is 11.3. The van der Waals surface area contributed by atoms with Crippen molar-refractivity contribution in [2.75, 3.05) is 52.9 Å². The average Bonchev–Trinajstić information content (AvgIpc) is 3.07. The van der Waals surface area contributed by atoms with E-state index in [9.17, 15) is 9.59 Å². The molecule has 0 aliphatic carbocycles. The van der Waals surface area contributed by atoms with E-state index in [1.54, 1.807) is 14.0 Å². The maximum atomic E-state index is 12.7. The summed E-state index contributed by atoms with van der Waals surface area (Å²) in [6.45, 7) is 7.15. The van der Waals surface area contributed by atoms with Crippen molar-refractivity contribution in [3.05, 3.63) is 29.8 Å². The van der Waals surface area contributed by atoms with Gasteiger partial charge in [0.2, 0.25) is 5.91 Å². The van der Waals surface area contributed by atoms with Gasteiger partial charge in [-0.15, -0.1) is 0 Å². The highest BCUT2D eigenvalue weighted by Gasteiger charge is 2.27. The number of likely N-dealkylation sites (tertiary alicyclic amines) is 1. The maximum Gasteiger partial charge on any atom is 0.251 e. The average molecular weight is 418 g/mol. The molecule has 166 valence electrons. The standard InChI is InChI=1S/C23H35N3O4/c1-19(30-18-20-8-7-9-21(16-20)29-2)23(28)26-14-12-24(13-15-26)17-22(27)25-10-5-3-4-6-11-25/h7-9,16,19H,3-6,10-15,17-18H2,1-2H3. The molecule has 7 nitrogen and oxygen atoms in total. The number of hydrogen-bond acceptors (Lipinski definition) is 5. The van der Waals surface area contributed by atoms with Crippen molar-refractivity contribution in [3.8, 4) is 5.75 Å². The van der Waals surface area contributed by atoms with Gasteiger partial charge in [0, 0.05) is 39.3 Å². The maximum absolute atomic E-state index is 12.7. The first kappa shape index (κ1) is 22.6. The van der Waals surface area contributed by atoms with E-state index in [0.717, 1.165) is 50.3 Å². The molecule has 0 aromatic heterocycles. The minimum Gasteiger partial charge on any atom is -0.497 e. The summed E-state index contributed by atoms with van der Waals surface area (Å²) < 4.78 is 11.0. The third kappa shape index (κ3) is 6.44. The van der Waals surface area contributed by atoms with E-state index < -0.39 is 6.10 Å². The smallest absolute Gasteiger partial charge is 0.251 e. The number of carbonyl (C=O) groups excluding carboxylic acids is 2. The molecule has 0 bridgehead atoms. The molecule has 1 aromatic rings. The summed E-state index contributed by atoms with van der Waals surface area (Å²) in [4.78, 5) is 31.4. The molecule has 2 fully saturated rings. The fraction of sp³-hybridized carbons (Fsp3) is 0.652. The predicted octanol–water partition coefficient (Wildman–Crippen LogP) is 2.15. The Morgan fingerprint density at radius 1 is 0.967 bits per heavy atom. The number of carbonyl (C=O) groups is 2. The minimum absolute atomic E-state index is 0.0105. The van der Waals surface area contributed by atoms with Crippen molar-refractivity contribution < 1.29 is 19.1 Å². The summed E-state index contributed by atoms with van der Waals surface area (Å²) in [5.41, 5.74) is 0.978. The van der Waals surface area contributed by atoms with Gasteiger partial charge in [0.15, 0.2) is 0 Å². The number of methoxy groups -OCH3 is 1. The Morgan fingerprint density at radius 3 is 2.33 bits per heavy atom. The fourth-order valence-corrected chi connectivity index (χ4v) is 4.05. The van der Waals surface area contributed by atoms with Crippen LogP contribution in [0, 0.1) is 0 Å². The Balaban J connectivity index is 1.40. The van der Waals surface area contributed by atoms with Crippen LogP contribution < -0.4 is 4.74 Å². The molecule has 2 aliphatic heterocycles. The molecule has 1 atom stereocenters. The lowest BCUT2D eigenvalue weighted by Crippen LogP contribution is -2.53. The van der Waals surface area contributed by atoms with E-state index in [1.165, 1.54) is 12.8 Å². The molecular weight excluding hydrogens is 382 g/mol. The minimum atomic E-state index is -0.499. The first-order valence-corrected chi connectivity index (χ1v) is 11.1. The number of rotatable bonds is 7. The first-order chi connectivity index (χ1) is 14.6. The monoisotopic (exact) mass is 417 g/mol. The summed E-state index contributed by atoms with van der Waals surface area (Å²) >= 11 is 0. The van der Waals surface area contributed by atoms with Crippen LogP contribution in [0.4, 0.5) is 0 Å². The van der Waals surface area contributed by atoms with Gasteiger partial charge in [0.25, 0.3) is 5.91 Å². The van der Waals surface area contributed by atoms with Crippen LogP contribution in [0.2, 0.25) is 0 Å². The normalized spacial score (nSPS) is 19.3. The summed E-state index contributed by atoms with van der Waals surface area (Å²) in [5.74, 6) is 1.02. The molecule has 0 saturated carbocycles. The van der Waals surface area contributed by atoms with E-state index >= 15 is 0 Å². The lowest BCUT2D eigenvalue weighted by atomic mass is 10.2. The van der Waals surface area contributed by atoms with Crippen LogP contribution in [-0.2, 0) is 20.9 Å². The molecule has 2 aliphatic rings. The van der Waals surface area contributed by atoms with Gasteiger partial charge in [-0.1, -0.05) is 25.0 Å². The topological polar surface area (TPSA) is 62.3 Å². The third-order valence-electron chi connectivity index (χ3n) is 5.98. The molecule has 30 heavy (non-hydrogen) atoms. The third-order valence-corrected chi connectivity index (χ3v) is 5.98. The SMILES string of the molecule is COc1cccc(COC(C)C(=O)N2CCN(CC(=O)N3CCCCCC3)CC2)c1. The van der Waals surface area contributed by atoms with Gasteiger partial charge in [-0.25, -0.2) is 0 Å². The first-order valence-electron chi connectivity index (χ1n) is 11.1. The highest BCUT2D eigenvalue weighted by Crippen LogP contribution is 2.15. The Hall–Kier alpha value is -2.12. The predicted molar refractivity (Wildman–Crippen MR) is 115 cm³/mol. The number of hydrogen-bond donors (Lipinski definition) is 0. The Bertz CT molecular complexity index is 695. The highest BCUT2D eigenvalue weighted by molar-refractivity contribution is 5.81. The molecule has 0 spiro atoms. The van der Waals surface area contributed by atoms with E-state index in [4.69, 9.17) is 9.47 Å². The van der Waals surface area contributed by atoms with Crippen molar-refractivity contribution >= 4 is 11.8 Å². The van der Waals surface area contributed by atoms with Gasteiger partial charge in [0.1, 0.15) is 11.9 Å². The van der Waals surface area contributed by atoms with Crippen molar-refractivity contribution in [1.82, 2.24) is 14.7 Å². The molecule has 0 radical (unpaired) electrons. The zero-order chi connectivity index (χ0) is 21.3. The molecule has 2 saturated heterocycles. The summed E-state index contributed by atoms with van der Waals surface area (Å²) in [5, 5.41) is 0. The molecule has 2 heterocycles. The Kier molecular flexibility index (Phi) is 8.51. The highest BCUT2D eigenvalue weighted by atomic mass is 16.5. The van der Waals surface area contributed by atoms with Gasteiger partial charge < -0.3 is 19.3 Å². The van der Waals surface area contributed by atoms with Gasteiger partial charge in [0.05, 0.1) is 20.3 Å². The van der Waals surface area contributed by atoms with Crippen LogP contribution in [0.1, 0.15) is 38.2 Å². The molecule has 1 aromatic carbocycles. The largest absolute Gasteiger partial charge is 0.497 e. The van der Waals surface area contributed by atoms with E-state index in [0.29, 0.717) is 26.2 Å². The van der Waals surface area contributed by atoms with E-state index in [2.05, 4.69) is 4.90 Å². The Morgan fingerprint density at radius 2 is 1.67 bits per heavy atom. The van der Waals surface area contributed by atoms with Gasteiger partial charge in [-0.05, 0) is 37.5 Å². The van der Waals surface area contributed by atoms with Gasteiger partial charge in [-0.3, -0.25) is 14.5 Å². The number of amides is 2. The molecular formula is C23H35N3O4. The van der Waals surface area contributed by atoms with Crippen molar-refractivity contribution in [1.29, 1.82) is 0 Å². The summed E-state index contributed by atoms with van der Waals surface area (Å²) in [6.07, 6.45) is 4.18. The lowest BCUT2D eigenvalue weighted by molar-refractivity contribution is -0.145. The second-order valence-electron chi connectivity index (χ2n) is 8.20. The zero-order valence-corrected chi connectivity index (χ0v) is 18.3. The van der Waals surface area contributed by atoms with Crippen molar-refractivity contribution in [3.63, 3.8) is 0 Å². The zero-order valence-electron chi connectivity index (χ0n) is 18.3.